The first kappa shape index (κ1) is 16.8. The Hall–Kier alpha value is -2.62. The second-order valence-corrected chi connectivity index (χ2v) is 7.69. The molecule has 1 heterocycles. The van der Waals surface area contributed by atoms with Crippen molar-refractivity contribution in [2.45, 2.75) is 46.1 Å². The van der Waals surface area contributed by atoms with Crippen LogP contribution in [0.5, 0.6) is 0 Å². The van der Waals surface area contributed by atoms with Crippen molar-refractivity contribution >= 4 is 23.2 Å². The van der Waals surface area contributed by atoms with Crippen LogP contribution >= 0.6 is 0 Å². The van der Waals surface area contributed by atoms with Crippen molar-refractivity contribution in [1.29, 1.82) is 0 Å². The van der Waals surface area contributed by atoms with Gasteiger partial charge in [-0.2, -0.15) is 0 Å². The first-order valence-electron chi connectivity index (χ1n) is 9.23. The fourth-order valence-corrected chi connectivity index (χ4v) is 3.84. The minimum absolute atomic E-state index is 0.0590. The highest BCUT2D eigenvalue weighted by Gasteiger charge is 2.59. The van der Waals surface area contributed by atoms with Gasteiger partial charge in [0.15, 0.2) is 0 Å². The number of nitrogens with zero attached hydrogens (tertiary/aromatic N) is 1. The number of benzene rings is 2. The number of amides is 2. The summed E-state index contributed by atoms with van der Waals surface area (Å²) in [5.41, 5.74) is 4.29. The van der Waals surface area contributed by atoms with Crippen molar-refractivity contribution in [1.82, 2.24) is 0 Å². The minimum atomic E-state index is -0.912. The van der Waals surface area contributed by atoms with Crippen molar-refractivity contribution in [2.24, 2.45) is 5.41 Å². The maximum absolute atomic E-state index is 13.3. The van der Waals surface area contributed by atoms with E-state index in [0.29, 0.717) is 12.8 Å². The molecular weight excluding hydrogens is 324 g/mol. The highest BCUT2D eigenvalue weighted by atomic mass is 16.2. The molecule has 1 saturated carbocycles. The third-order valence-corrected chi connectivity index (χ3v) is 5.78. The third kappa shape index (κ3) is 2.61. The lowest BCUT2D eigenvalue weighted by Crippen LogP contribution is -2.45. The summed E-state index contributed by atoms with van der Waals surface area (Å²) < 4.78 is 0. The van der Waals surface area contributed by atoms with Gasteiger partial charge in [-0.1, -0.05) is 24.3 Å². The van der Waals surface area contributed by atoms with Crippen LogP contribution in [-0.2, 0) is 16.0 Å². The van der Waals surface area contributed by atoms with Gasteiger partial charge >= 0.3 is 0 Å². The molecule has 1 unspecified atom stereocenters. The van der Waals surface area contributed by atoms with E-state index in [9.17, 15) is 9.59 Å². The predicted molar refractivity (Wildman–Crippen MR) is 103 cm³/mol. The quantitative estimate of drug-likeness (QED) is 0.853. The zero-order valence-electron chi connectivity index (χ0n) is 15.5. The lowest BCUT2D eigenvalue weighted by molar-refractivity contribution is -0.132. The fraction of sp³-hybridized carbons (Fsp3) is 0.364. The molecule has 1 fully saturated rings. The molecule has 4 nitrogen and oxygen atoms in total. The van der Waals surface area contributed by atoms with Gasteiger partial charge in [-0.25, -0.2) is 0 Å². The van der Waals surface area contributed by atoms with Gasteiger partial charge in [-0.15, -0.1) is 0 Å². The molecule has 0 spiro atoms. The maximum Gasteiger partial charge on any atom is 0.242 e. The Morgan fingerprint density at radius 2 is 1.81 bits per heavy atom. The van der Waals surface area contributed by atoms with E-state index in [1.807, 2.05) is 55.1 Å². The van der Waals surface area contributed by atoms with Crippen LogP contribution in [0.3, 0.4) is 0 Å². The average Bonchev–Trinajstić information content (AvgIpc) is 3.35. The minimum Gasteiger partial charge on any atom is -0.325 e. The number of hydrogen-bond acceptors (Lipinski definition) is 2. The Labute approximate surface area is 154 Å². The molecule has 4 heteroatoms. The number of aryl methyl sites for hydroxylation is 2. The first-order valence-corrected chi connectivity index (χ1v) is 9.23. The van der Waals surface area contributed by atoms with Crippen LogP contribution in [0.25, 0.3) is 0 Å². The van der Waals surface area contributed by atoms with Crippen molar-refractivity contribution in [3.8, 4) is 0 Å². The standard InChI is InChI=1S/C22H24N2O2/c1-14-8-9-18(12-15(14)2)23-20(25)22(10-11-22)21(26)24-16(3)13-17-6-4-5-7-19(17)24/h4-9,12,16H,10-11,13H2,1-3H3,(H,23,25). The fourth-order valence-electron chi connectivity index (χ4n) is 3.84. The molecule has 1 N–H and O–H groups in total. The van der Waals surface area contributed by atoms with E-state index >= 15 is 0 Å². The Kier molecular flexibility index (Phi) is 3.87. The lowest BCUT2D eigenvalue weighted by atomic mass is 10.0. The topological polar surface area (TPSA) is 49.4 Å². The Bertz CT molecular complexity index is 899. The molecule has 2 aliphatic rings. The molecular formula is C22H24N2O2. The summed E-state index contributed by atoms with van der Waals surface area (Å²) in [5.74, 6) is -0.237. The van der Waals surface area contributed by atoms with Gasteiger partial charge in [0, 0.05) is 17.4 Å². The maximum atomic E-state index is 13.3. The predicted octanol–water partition coefficient (Wildman–Crippen LogP) is 4.00. The van der Waals surface area contributed by atoms with E-state index < -0.39 is 5.41 Å². The second kappa shape index (κ2) is 5.97. The zero-order chi connectivity index (χ0) is 18.5. The van der Waals surface area contributed by atoms with E-state index in [0.717, 1.165) is 23.4 Å². The Morgan fingerprint density at radius 1 is 1.08 bits per heavy atom. The number of nitrogens with one attached hydrogen (secondary N) is 1. The average molecular weight is 348 g/mol. The molecule has 26 heavy (non-hydrogen) atoms. The summed E-state index contributed by atoms with van der Waals surface area (Å²) in [6.45, 7) is 6.11. The van der Waals surface area contributed by atoms with Crippen LogP contribution in [0.4, 0.5) is 11.4 Å². The number of carbonyl (C=O) groups excluding carboxylic acids is 2. The number of fused-ring (bicyclic) bond motifs is 1. The Morgan fingerprint density at radius 3 is 2.50 bits per heavy atom. The number of carbonyl (C=O) groups is 2. The molecule has 2 aromatic rings. The van der Waals surface area contributed by atoms with Gasteiger partial charge in [-0.3, -0.25) is 9.59 Å². The molecule has 2 aromatic carbocycles. The number of rotatable bonds is 3. The van der Waals surface area contributed by atoms with Crippen LogP contribution in [0.1, 0.15) is 36.5 Å². The number of para-hydroxylation sites is 1. The van der Waals surface area contributed by atoms with Crippen LogP contribution in [0, 0.1) is 19.3 Å². The Balaban J connectivity index is 1.58. The van der Waals surface area contributed by atoms with Crippen molar-refractivity contribution in [3.05, 3.63) is 59.2 Å². The van der Waals surface area contributed by atoms with Gasteiger partial charge in [0.05, 0.1) is 0 Å². The number of anilines is 2. The van der Waals surface area contributed by atoms with Crippen LogP contribution < -0.4 is 10.2 Å². The molecule has 0 saturated heterocycles. The molecule has 0 radical (unpaired) electrons. The van der Waals surface area contributed by atoms with Gasteiger partial charge in [0.1, 0.15) is 5.41 Å². The lowest BCUT2D eigenvalue weighted by Gasteiger charge is -2.27. The highest BCUT2D eigenvalue weighted by molar-refractivity contribution is 6.18. The summed E-state index contributed by atoms with van der Waals surface area (Å²) in [7, 11) is 0. The SMILES string of the molecule is Cc1ccc(NC(=O)C2(C(=O)N3c4ccccc4CC3C)CC2)cc1C. The molecule has 0 aromatic heterocycles. The van der Waals surface area contributed by atoms with E-state index in [4.69, 9.17) is 0 Å². The molecule has 134 valence electrons. The smallest absolute Gasteiger partial charge is 0.242 e. The van der Waals surface area contributed by atoms with Gasteiger partial charge in [0.25, 0.3) is 0 Å². The first-order chi connectivity index (χ1) is 12.4. The summed E-state index contributed by atoms with van der Waals surface area (Å²) in [6, 6.07) is 13.9. The number of hydrogen-bond donors (Lipinski definition) is 1. The van der Waals surface area contributed by atoms with Crippen LogP contribution in [0.2, 0.25) is 0 Å². The van der Waals surface area contributed by atoms with Gasteiger partial charge < -0.3 is 10.2 Å². The van der Waals surface area contributed by atoms with Gasteiger partial charge in [-0.05, 0) is 74.9 Å². The summed E-state index contributed by atoms with van der Waals surface area (Å²) in [4.78, 5) is 28.1. The van der Waals surface area contributed by atoms with Gasteiger partial charge in [0.2, 0.25) is 11.8 Å². The van der Waals surface area contributed by atoms with Crippen molar-refractivity contribution in [2.75, 3.05) is 10.2 Å². The molecule has 1 aliphatic carbocycles. The van der Waals surface area contributed by atoms with E-state index in [1.54, 1.807) is 0 Å². The largest absolute Gasteiger partial charge is 0.325 e. The summed E-state index contributed by atoms with van der Waals surface area (Å²) in [5, 5.41) is 2.97. The molecule has 2 amide bonds. The molecule has 4 rings (SSSR count). The van der Waals surface area contributed by atoms with E-state index in [-0.39, 0.29) is 17.9 Å². The van der Waals surface area contributed by atoms with Crippen LogP contribution in [0.15, 0.2) is 42.5 Å². The second-order valence-electron chi connectivity index (χ2n) is 7.69. The highest BCUT2D eigenvalue weighted by Crippen LogP contribution is 2.50. The zero-order valence-corrected chi connectivity index (χ0v) is 15.5. The van der Waals surface area contributed by atoms with Crippen molar-refractivity contribution < 1.29 is 9.59 Å². The van der Waals surface area contributed by atoms with Crippen LogP contribution in [-0.4, -0.2) is 17.9 Å². The molecule has 0 bridgehead atoms. The molecule has 1 aliphatic heterocycles. The third-order valence-electron chi connectivity index (χ3n) is 5.78. The van der Waals surface area contributed by atoms with E-state index in [1.165, 1.54) is 11.1 Å². The van der Waals surface area contributed by atoms with Crippen molar-refractivity contribution in [3.63, 3.8) is 0 Å². The summed E-state index contributed by atoms with van der Waals surface area (Å²) >= 11 is 0. The molecule has 1 atom stereocenters. The van der Waals surface area contributed by atoms with E-state index in [2.05, 4.69) is 18.3 Å². The summed E-state index contributed by atoms with van der Waals surface area (Å²) in [6.07, 6.45) is 2.08. The monoisotopic (exact) mass is 348 g/mol. The normalized spacial score (nSPS) is 19.8.